The van der Waals surface area contributed by atoms with Crippen molar-refractivity contribution < 1.29 is 10.2 Å². The molecule has 0 aliphatic heterocycles. The van der Waals surface area contributed by atoms with Crippen molar-refractivity contribution in [3.8, 4) is 0 Å². The number of nitrogens with two attached hydrogens (primary N) is 2. The van der Waals surface area contributed by atoms with E-state index in [1.807, 2.05) is 0 Å². The molecule has 0 aliphatic rings. The van der Waals surface area contributed by atoms with Crippen molar-refractivity contribution in [2.45, 2.75) is 25.0 Å². The summed E-state index contributed by atoms with van der Waals surface area (Å²) in [6.45, 7) is -0.178. The summed E-state index contributed by atoms with van der Waals surface area (Å²) in [6, 6.07) is -0.372. The van der Waals surface area contributed by atoms with Gasteiger partial charge in [-0.1, -0.05) is 0 Å². The van der Waals surface area contributed by atoms with Gasteiger partial charge in [-0.2, -0.15) is 0 Å². The van der Waals surface area contributed by atoms with Gasteiger partial charge in [-0.25, -0.2) is 10.2 Å². The molecule has 0 bridgehead atoms. The highest BCUT2D eigenvalue weighted by molar-refractivity contribution is 4.63. The van der Waals surface area contributed by atoms with Crippen LogP contribution in [0.25, 0.3) is 0 Å². The molecule has 2 radical (unpaired) electrons. The third kappa shape index (κ3) is 4.69. The summed E-state index contributed by atoms with van der Waals surface area (Å²) < 4.78 is 0. The minimum atomic E-state index is -0.752. The molecule has 0 fully saturated rings. The minimum Gasteiger partial charge on any atom is -0.328 e. The molecule has 4 nitrogen and oxygen atoms in total. The Morgan fingerprint density at radius 1 is 1.30 bits per heavy atom. The molecular weight excluding hydrogens is 132 g/mol. The Kier molecular flexibility index (Phi) is 5.52. The second-order valence-corrected chi connectivity index (χ2v) is 2.36. The smallest absolute Gasteiger partial charge is 0.105 e. The summed E-state index contributed by atoms with van der Waals surface area (Å²) in [5.41, 5.74) is 10.4. The van der Waals surface area contributed by atoms with Crippen molar-refractivity contribution >= 4 is 0 Å². The fourth-order valence-electron chi connectivity index (χ4n) is 0.601. The lowest BCUT2D eigenvalue weighted by molar-refractivity contribution is 0.0797. The molecule has 4 N–H and O–H groups in total. The molecule has 0 aliphatic carbocycles. The SMILES string of the molecule is NCC([O])CCC(N)C[O]. The van der Waals surface area contributed by atoms with Crippen molar-refractivity contribution in [1.82, 2.24) is 0 Å². The van der Waals surface area contributed by atoms with E-state index in [1.165, 1.54) is 0 Å². The Labute approximate surface area is 60.8 Å². The largest absolute Gasteiger partial charge is 0.328 e. The first-order chi connectivity index (χ1) is 4.70. The summed E-state index contributed by atoms with van der Waals surface area (Å²) in [6.07, 6.45) is 0.159. The Balaban J connectivity index is 3.17. The Morgan fingerprint density at radius 3 is 2.30 bits per heavy atom. The average Bonchev–Trinajstić information content (AvgIpc) is 1.99. The Bertz CT molecular complexity index is 70.1. The molecule has 0 heterocycles. The van der Waals surface area contributed by atoms with E-state index in [4.69, 9.17) is 11.5 Å². The monoisotopic (exact) mass is 146 g/mol. The van der Waals surface area contributed by atoms with Crippen LogP contribution in [0.3, 0.4) is 0 Å². The highest BCUT2D eigenvalue weighted by atomic mass is 16.3. The fourth-order valence-corrected chi connectivity index (χ4v) is 0.601. The van der Waals surface area contributed by atoms with Gasteiger partial charge in [-0.15, -0.1) is 0 Å². The van der Waals surface area contributed by atoms with Crippen LogP contribution >= 0.6 is 0 Å². The molecule has 0 rings (SSSR count). The van der Waals surface area contributed by atoms with E-state index in [-0.39, 0.29) is 19.2 Å². The maximum atomic E-state index is 10.6. The summed E-state index contributed by atoms with van der Waals surface area (Å²) in [7, 11) is 0. The second-order valence-electron chi connectivity index (χ2n) is 2.36. The van der Waals surface area contributed by atoms with E-state index >= 15 is 0 Å². The molecule has 10 heavy (non-hydrogen) atoms. The lowest BCUT2D eigenvalue weighted by Crippen LogP contribution is -2.27. The zero-order valence-electron chi connectivity index (χ0n) is 5.95. The zero-order valence-corrected chi connectivity index (χ0v) is 5.95. The normalized spacial score (nSPS) is 16.8. The van der Waals surface area contributed by atoms with Gasteiger partial charge in [-0.05, 0) is 12.8 Å². The lowest BCUT2D eigenvalue weighted by Gasteiger charge is -2.08. The molecule has 2 unspecified atom stereocenters. The van der Waals surface area contributed by atoms with Crippen LogP contribution in [0.15, 0.2) is 0 Å². The number of hydrogen-bond acceptors (Lipinski definition) is 2. The fraction of sp³-hybridized carbons (Fsp3) is 1.00. The van der Waals surface area contributed by atoms with Crippen molar-refractivity contribution in [2.75, 3.05) is 13.2 Å². The van der Waals surface area contributed by atoms with Gasteiger partial charge >= 0.3 is 0 Å². The van der Waals surface area contributed by atoms with E-state index in [0.29, 0.717) is 12.8 Å². The maximum Gasteiger partial charge on any atom is 0.105 e. The lowest BCUT2D eigenvalue weighted by atomic mass is 10.1. The van der Waals surface area contributed by atoms with E-state index < -0.39 is 6.10 Å². The van der Waals surface area contributed by atoms with Crippen molar-refractivity contribution in [3.63, 3.8) is 0 Å². The van der Waals surface area contributed by atoms with Crippen LogP contribution < -0.4 is 11.5 Å². The molecule has 2 atom stereocenters. The molecule has 4 heteroatoms. The minimum absolute atomic E-state index is 0.131. The van der Waals surface area contributed by atoms with Crippen LogP contribution in [0.5, 0.6) is 0 Å². The van der Waals surface area contributed by atoms with Crippen LogP contribution in [0.4, 0.5) is 0 Å². The standard InChI is InChI=1S/C6H14N2O2/c7-3-6(10)2-1-5(8)4-9/h5-6H,1-4,7-8H2. The van der Waals surface area contributed by atoms with Gasteiger partial charge in [0.2, 0.25) is 0 Å². The van der Waals surface area contributed by atoms with Gasteiger partial charge in [0, 0.05) is 12.6 Å². The Morgan fingerprint density at radius 2 is 1.90 bits per heavy atom. The third-order valence-electron chi connectivity index (χ3n) is 1.34. The van der Waals surface area contributed by atoms with Crippen molar-refractivity contribution in [3.05, 3.63) is 0 Å². The van der Waals surface area contributed by atoms with Gasteiger partial charge < -0.3 is 11.5 Å². The summed E-state index contributed by atoms with van der Waals surface area (Å²) in [5.74, 6) is 0. The molecule has 0 aromatic carbocycles. The van der Waals surface area contributed by atoms with Crippen LogP contribution in [0, 0.1) is 0 Å². The number of hydrogen-bond donors (Lipinski definition) is 2. The molecule has 0 saturated carbocycles. The third-order valence-corrected chi connectivity index (χ3v) is 1.34. The highest BCUT2D eigenvalue weighted by Gasteiger charge is 2.06. The quantitative estimate of drug-likeness (QED) is 0.535. The van der Waals surface area contributed by atoms with Gasteiger partial charge in [0.25, 0.3) is 0 Å². The molecule has 60 valence electrons. The van der Waals surface area contributed by atoms with Crippen molar-refractivity contribution in [2.24, 2.45) is 11.5 Å². The first kappa shape index (κ1) is 9.84. The molecule has 0 spiro atoms. The van der Waals surface area contributed by atoms with E-state index in [9.17, 15) is 10.2 Å². The van der Waals surface area contributed by atoms with Crippen LogP contribution in [0.2, 0.25) is 0 Å². The number of rotatable bonds is 5. The van der Waals surface area contributed by atoms with E-state index in [2.05, 4.69) is 0 Å². The Hall–Kier alpha value is -0.160. The second kappa shape index (κ2) is 5.61. The van der Waals surface area contributed by atoms with E-state index in [0.717, 1.165) is 0 Å². The van der Waals surface area contributed by atoms with Crippen LogP contribution in [-0.4, -0.2) is 25.3 Å². The topological polar surface area (TPSA) is 91.8 Å². The average molecular weight is 146 g/mol. The molecule has 0 aromatic heterocycles. The van der Waals surface area contributed by atoms with E-state index in [1.54, 1.807) is 0 Å². The first-order valence-electron chi connectivity index (χ1n) is 3.40. The van der Waals surface area contributed by atoms with Crippen LogP contribution in [-0.2, 0) is 10.2 Å². The summed E-state index contributed by atoms with van der Waals surface area (Å²) >= 11 is 0. The van der Waals surface area contributed by atoms with Crippen molar-refractivity contribution in [1.29, 1.82) is 0 Å². The highest BCUT2D eigenvalue weighted by Crippen LogP contribution is 1.98. The summed E-state index contributed by atoms with van der Waals surface area (Å²) in [5, 5.41) is 20.7. The van der Waals surface area contributed by atoms with Gasteiger partial charge in [0.1, 0.15) is 6.10 Å². The zero-order chi connectivity index (χ0) is 7.98. The van der Waals surface area contributed by atoms with Gasteiger partial charge in [-0.3, -0.25) is 0 Å². The maximum absolute atomic E-state index is 10.6. The molecular formula is C6H14N2O2. The van der Waals surface area contributed by atoms with Gasteiger partial charge in [0.05, 0.1) is 6.61 Å². The molecule has 0 saturated heterocycles. The molecule has 0 aromatic rings. The van der Waals surface area contributed by atoms with Crippen LogP contribution in [0.1, 0.15) is 12.8 Å². The van der Waals surface area contributed by atoms with Gasteiger partial charge in [0.15, 0.2) is 0 Å². The molecule has 0 amide bonds. The predicted octanol–water partition coefficient (Wildman–Crippen LogP) is -0.718. The summed E-state index contributed by atoms with van der Waals surface area (Å²) in [4.78, 5) is 0. The first-order valence-corrected chi connectivity index (χ1v) is 3.40. The predicted molar refractivity (Wildman–Crippen MR) is 36.3 cm³/mol.